The standard InChI is InChI=1S/C19H21FN2O4/c1-22(11-13-4-9-17(25-2)16(20)10-13)12-18(23)21-15-7-5-14(6-8-15)19(24)26-3/h4-10H,11-12H2,1-3H3,(H,21,23)/p+1. The molecule has 6 nitrogen and oxygen atoms in total. The topological polar surface area (TPSA) is 69.1 Å². The van der Waals surface area contributed by atoms with Crippen LogP contribution in [0.15, 0.2) is 42.5 Å². The van der Waals surface area contributed by atoms with E-state index in [4.69, 9.17) is 4.74 Å². The average molecular weight is 361 g/mol. The maximum atomic E-state index is 13.7. The molecule has 0 spiro atoms. The molecule has 0 fully saturated rings. The van der Waals surface area contributed by atoms with Gasteiger partial charge in [-0.3, -0.25) is 4.79 Å². The lowest BCUT2D eigenvalue weighted by molar-refractivity contribution is -0.885. The van der Waals surface area contributed by atoms with Crippen molar-refractivity contribution < 1.29 is 28.4 Å². The smallest absolute Gasteiger partial charge is 0.337 e. The van der Waals surface area contributed by atoms with Gasteiger partial charge in [0.25, 0.3) is 5.91 Å². The minimum Gasteiger partial charge on any atom is -0.494 e. The second-order valence-corrected chi connectivity index (χ2v) is 5.90. The third-order valence-corrected chi connectivity index (χ3v) is 3.77. The fourth-order valence-corrected chi connectivity index (χ4v) is 2.52. The van der Waals surface area contributed by atoms with E-state index in [1.807, 2.05) is 7.05 Å². The molecule has 7 heteroatoms. The van der Waals surface area contributed by atoms with Crippen LogP contribution in [0.1, 0.15) is 15.9 Å². The number of carbonyl (C=O) groups is 2. The van der Waals surface area contributed by atoms with Crippen molar-refractivity contribution in [3.63, 3.8) is 0 Å². The summed E-state index contributed by atoms with van der Waals surface area (Å²) in [7, 11) is 4.57. The highest BCUT2D eigenvalue weighted by Crippen LogP contribution is 2.17. The Morgan fingerprint density at radius 2 is 1.81 bits per heavy atom. The lowest BCUT2D eigenvalue weighted by Gasteiger charge is -2.14. The molecule has 1 atom stereocenters. The van der Waals surface area contributed by atoms with Crippen LogP contribution < -0.4 is 15.0 Å². The summed E-state index contributed by atoms with van der Waals surface area (Å²) in [6.45, 7) is 0.710. The van der Waals surface area contributed by atoms with Crippen LogP contribution >= 0.6 is 0 Å². The Labute approximate surface area is 151 Å². The molecule has 2 aromatic rings. The van der Waals surface area contributed by atoms with Gasteiger partial charge in [-0.25, -0.2) is 9.18 Å². The van der Waals surface area contributed by atoms with E-state index in [0.717, 1.165) is 10.5 Å². The Hall–Kier alpha value is -2.93. The highest BCUT2D eigenvalue weighted by Gasteiger charge is 2.13. The van der Waals surface area contributed by atoms with Gasteiger partial charge in [-0.15, -0.1) is 0 Å². The number of halogens is 1. The maximum Gasteiger partial charge on any atom is 0.337 e. The van der Waals surface area contributed by atoms with E-state index < -0.39 is 11.8 Å². The molecule has 0 radical (unpaired) electrons. The lowest BCUT2D eigenvalue weighted by Crippen LogP contribution is -3.08. The molecule has 138 valence electrons. The molecule has 0 heterocycles. The molecule has 2 N–H and O–H groups in total. The van der Waals surface area contributed by atoms with Crippen LogP contribution in [0.25, 0.3) is 0 Å². The number of carbonyl (C=O) groups excluding carboxylic acids is 2. The molecule has 26 heavy (non-hydrogen) atoms. The van der Waals surface area contributed by atoms with E-state index in [0.29, 0.717) is 17.8 Å². The molecule has 0 bridgehead atoms. The summed E-state index contributed by atoms with van der Waals surface area (Å²) < 4.78 is 23.2. The Bertz CT molecular complexity index is 778. The van der Waals surface area contributed by atoms with E-state index in [1.165, 1.54) is 20.3 Å². The molecule has 0 saturated carbocycles. The highest BCUT2D eigenvalue weighted by atomic mass is 19.1. The van der Waals surface area contributed by atoms with E-state index in [9.17, 15) is 14.0 Å². The van der Waals surface area contributed by atoms with Crippen LogP contribution in [0, 0.1) is 5.82 Å². The predicted molar refractivity (Wildman–Crippen MR) is 94.8 cm³/mol. The van der Waals surface area contributed by atoms with Gasteiger partial charge in [-0.2, -0.15) is 0 Å². The largest absolute Gasteiger partial charge is 0.494 e. The minimum absolute atomic E-state index is 0.178. The normalized spacial score (nSPS) is 11.5. The molecule has 1 unspecified atom stereocenters. The summed E-state index contributed by atoms with van der Waals surface area (Å²) in [5, 5.41) is 2.77. The zero-order valence-corrected chi connectivity index (χ0v) is 15.0. The summed E-state index contributed by atoms with van der Waals surface area (Å²) in [5.41, 5.74) is 1.77. The fraction of sp³-hybridized carbons (Fsp3) is 0.263. The van der Waals surface area contributed by atoms with Crippen molar-refractivity contribution in [3.05, 3.63) is 59.4 Å². The Kier molecular flexibility index (Phi) is 6.68. The molecule has 0 aliphatic rings. The van der Waals surface area contributed by atoms with Crippen molar-refractivity contribution in [2.24, 2.45) is 0 Å². The molecular formula is C19H22FN2O4+. The first-order valence-corrected chi connectivity index (χ1v) is 8.05. The van der Waals surface area contributed by atoms with Crippen LogP contribution in [0.4, 0.5) is 10.1 Å². The van der Waals surface area contributed by atoms with Gasteiger partial charge in [0.15, 0.2) is 18.1 Å². The van der Waals surface area contributed by atoms with Crippen molar-refractivity contribution in [3.8, 4) is 5.75 Å². The quantitative estimate of drug-likeness (QED) is 0.729. The third-order valence-electron chi connectivity index (χ3n) is 3.77. The van der Waals surface area contributed by atoms with Gasteiger partial charge in [-0.05, 0) is 42.5 Å². The van der Waals surface area contributed by atoms with Crippen molar-refractivity contribution in [2.45, 2.75) is 6.54 Å². The number of ether oxygens (including phenoxy) is 2. The number of methoxy groups -OCH3 is 2. The molecule has 1 amide bonds. The molecular weight excluding hydrogens is 339 g/mol. The number of amides is 1. The average Bonchev–Trinajstić information content (AvgIpc) is 2.61. The lowest BCUT2D eigenvalue weighted by atomic mass is 10.2. The van der Waals surface area contributed by atoms with Gasteiger partial charge >= 0.3 is 5.97 Å². The van der Waals surface area contributed by atoms with Crippen LogP contribution in [0.3, 0.4) is 0 Å². The molecule has 0 aliphatic carbocycles. The molecule has 0 aromatic heterocycles. The number of likely N-dealkylation sites (N-methyl/N-ethyl adjacent to an activating group) is 1. The van der Waals surface area contributed by atoms with Crippen LogP contribution in [-0.2, 0) is 16.1 Å². The van der Waals surface area contributed by atoms with Gasteiger partial charge < -0.3 is 19.7 Å². The maximum absolute atomic E-state index is 13.7. The van der Waals surface area contributed by atoms with Crippen LogP contribution in [-0.4, -0.2) is 39.7 Å². The van der Waals surface area contributed by atoms with Crippen LogP contribution in [0.5, 0.6) is 5.75 Å². The molecule has 0 aliphatic heterocycles. The van der Waals surface area contributed by atoms with Gasteiger partial charge in [-0.1, -0.05) is 0 Å². The van der Waals surface area contributed by atoms with Crippen molar-refractivity contribution in [1.29, 1.82) is 0 Å². The van der Waals surface area contributed by atoms with Gasteiger partial charge in [0.2, 0.25) is 0 Å². The molecule has 0 saturated heterocycles. The molecule has 2 rings (SSSR count). The van der Waals surface area contributed by atoms with Crippen LogP contribution in [0.2, 0.25) is 0 Å². The number of hydrogen-bond acceptors (Lipinski definition) is 4. The van der Waals surface area contributed by atoms with E-state index in [1.54, 1.807) is 36.4 Å². The van der Waals surface area contributed by atoms with Gasteiger partial charge in [0, 0.05) is 11.3 Å². The first-order valence-electron chi connectivity index (χ1n) is 8.05. The number of quaternary nitrogens is 1. The summed E-state index contributed by atoms with van der Waals surface area (Å²) in [6.07, 6.45) is 0. The van der Waals surface area contributed by atoms with E-state index in [-0.39, 0.29) is 18.2 Å². The molecule has 2 aromatic carbocycles. The zero-order valence-electron chi connectivity index (χ0n) is 15.0. The Morgan fingerprint density at radius 1 is 1.12 bits per heavy atom. The Morgan fingerprint density at radius 3 is 2.38 bits per heavy atom. The number of anilines is 1. The predicted octanol–water partition coefficient (Wildman–Crippen LogP) is 1.27. The van der Waals surface area contributed by atoms with Crippen molar-refractivity contribution in [1.82, 2.24) is 0 Å². The summed E-state index contributed by atoms with van der Waals surface area (Å²) >= 11 is 0. The SMILES string of the molecule is COC(=O)c1ccc(NC(=O)C[NH+](C)Cc2ccc(OC)c(F)c2)cc1. The van der Waals surface area contributed by atoms with Crippen molar-refractivity contribution >= 4 is 17.6 Å². The van der Waals surface area contributed by atoms with Crippen molar-refractivity contribution in [2.75, 3.05) is 33.1 Å². The zero-order chi connectivity index (χ0) is 19.1. The number of benzene rings is 2. The third kappa shape index (κ3) is 5.29. The highest BCUT2D eigenvalue weighted by molar-refractivity contribution is 5.93. The van der Waals surface area contributed by atoms with E-state index >= 15 is 0 Å². The number of hydrogen-bond donors (Lipinski definition) is 2. The summed E-state index contributed by atoms with van der Waals surface area (Å²) in [4.78, 5) is 24.4. The second kappa shape index (κ2) is 8.96. The van der Waals surface area contributed by atoms with Gasteiger partial charge in [0.1, 0.15) is 6.54 Å². The fourth-order valence-electron chi connectivity index (χ4n) is 2.52. The second-order valence-electron chi connectivity index (χ2n) is 5.90. The number of rotatable bonds is 7. The van der Waals surface area contributed by atoms with Gasteiger partial charge in [0.05, 0.1) is 26.8 Å². The first kappa shape index (κ1) is 19.4. The Balaban J connectivity index is 1.88. The monoisotopic (exact) mass is 361 g/mol. The first-order chi connectivity index (χ1) is 12.4. The van der Waals surface area contributed by atoms with E-state index in [2.05, 4.69) is 10.1 Å². The number of nitrogens with one attached hydrogen (secondary N) is 2. The summed E-state index contributed by atoms with van der Waals surface area (Å²) in [6, 6.07) is 11.2. The minimum atomic E-state index is -0.432. The summed E-state index contributed by atoms with van der Waals surface area (Å²) in [5.74, 6) is -0.839. The number of esters is 1.